The fourth-order valence-electron chi connectivity index (χ4n) is 3.55. The normalized spacial score (nSPS) is 20.7. The Bertz CT molecular complexity index is 919. The first-order valence-corrected chi connectivity index (χ1v) is 10.8. The lowest BCUT2D eigenvalue weighted by Gasteiger charge is -2.34. The first kappa shape index (κ1) is 20.3. The maximum Gasteiger partial charge on any atom is 0.331 e. The molecule has 0 spiro atoms. The minimum absolute atomic E-state index is 0.184. The van der Waals surface area contributed by atoms with E-state index in [4.69, 9.17) is 4.74 Å². The van der Waals surface area contributed by atoms with Crippen molar-refractivity contribution in [1.29, 1.82) is 0 Å². The second-order valence-corrected chi connectivity index (χ2v) is 8.89. The number of ether oxygens (including phenoxy) is 1. The van der Waals surface area contributed by atoms with Crippen LogP contribution in [0.3, 0.4) is 0 Å². The zero-order valence-electron chi connectivity index (χ0n) is 16.3. The molecule has 0 saturated carbocycles. The van der Waals surface area contributed by atoms with Crippen LogP contribution in [0.15, 0.2) is 33.6 Å². The third kappa shape index (κ3) is 3.63. The Balaban J connectivity index is 1.67. The number of rotatable bonds is 4. The van der Waals surface area contributed by atoms with Gasteiger partial charge in [0.2, 0.25) is 5.91 Å². The molecule has 1 N–H and O–H groups in total. The highest BCUT2D eigenvalue weighted by molar-refractivity contribution is 7.90. The SMILES string of the molecule is CCC(C)(NC(=O)C1CCN(C2=NS(=O)(=O)c3ccccc32)CC1)C(=O)OC. The molecule has 0 aliphatic carbocycles. The first-order valence-electron chi connectivity index (χ1n) is 9.31. The molecule has 1 aromatic rings. The van der Waals surface area contributed by atoms with Gasteiger partial charge in [-0.05, 0) is 38.3 Å². The molecule has 1 atom stereocenters. The van der Waals surface area contributed by atoms with Gasteiger partial charge in [-0.25, -0.2) is 4.79 Å². The van der Waals surface area contributed by atoms with Crippen LogP contribution in [0.4, 0.5) is 0 Å². The molecule has 8 nitrogen and oxygen atoms in total. The van der Waals surface area contributed by atoms with Gasteiger partial charge >= 0.3 is 5.97 Å². The average molecular weight is 407 g/mol. The standard InChI is InChI=1S/C19H25N3O5S/c1-4-19(2,18(24)27-3)20-17(23)13-9-11-22(12-10-13)16-14-7-5-6-8-15(14)28(25,26)21-16/h5-8,13H,4,9-12H2,1-3H3,(H,20,23). The lowest BCUT2D eigenvalue weighted by atomic mass is 9.92. The molecule has 28 heavy (non-hydrogen) atoms. The number of carbonyl (C=O) groups excluding carboxylic acids is 2. The number of nitrogens with zero attached hydrogens (tertiary/aromatic N) is 2. The van der Waals surface area contributed by atoms with E-state index in [9.17, 15) is 18.0 Å². The van der Waals surface area contributed by atoms with Gasteiger partial charge in [0.25, 0.3) is 10.0 Å². The molecule has 2 aliphatic rings. The van der Waals surface area contributed by atoms with E-state index in [2.05, 4.69) is 9.71 Å². The van der Waals surface area contributed by atoms with Crippen LogP contribution in [0.5, 0.6) is 0 Å². The predicted octanol–water partition coefficient (Wildman–Crippen LogP) is 1.31. The number of piperidine rings is 1. The largest absolute Gasteiger partial charge is 0.467 e. The minimum Gasteiger partial charge on any atom is -0.467 e. The highest BCUT2D eigenvalue weighted by Gasteiger charge is 2.38. The number of hydrogen-bond acceptors (Lipinski definition) is 6. The molecule has 1 fully saturated rings. The van der Waals surface area contributed by atoms with Gasteiger partial charge in [0.15, 0.2) is 5.84 Å². The number of amidine groups is 1. The maximum atomic E-state index is 12.7. The van der Waals surface area contributed by atoms with Gasteiger partial charge in [0.05, 0.1) is 7.11 Å². The Morgan fingerprint density at radius 2 is 1.93 bits per heavy atom. The third-order valence-electron chi connectivity index (χ3n) is 5.52. The average Bonchev–Trinajstić information content (AvgIpc) is 2.98. The van der Waals surface area contributed by atoms with Crippen LogP contribution in [0.25, 0.3) is 0 Å². The van der Waals surface area contributed by atoms with Crippen molar-refractivity contribution in [3.63, 3.8) is 0 Å². The Morgan fingerprint density at radius 3 is 2.54 bits per heavy atom. The summed E-state index contributed by atoms with van der Waals surface area (Å²) in [5.74, 6) is -0.457. The number of hydrogen-bond donors (Lipinski definition) is 1. The van der Waals surface area contributed by atoms with Crippen molar-refractivity contribution >= 4 is 27.7 Å². The first-order chi connectivity index (χ1) is 13.2. The van der Waals surface area contributed by atoms with Crippen LogP contribution in [0.1, 0.15) is 38.7 Å². The van der Waals surface area contributed by atoms with E-state index in [0.29, 0.717) is 43.8 Å². The van der Waals surface area contributed by atoms with E-state index in [1.54, 1.807) is 31.2 Å². The van der Waals surface area contributed by atoms with Crippen LogP contribution < -0.4 is 5.32 Å². The number of methoxy groups -OCH3 is 1. The number of amides is 1. The molecular formula is C19H25N3O5S. The smallest absolute Gasteiger partial charge is 0.331 e. The van der Waals surface area contributed by atoms with Crippen LogP contribution >= 0.6 is 0 Å². The zero-order chi connectivity index (χ0) is 20.5. The topological polar surface area (TPSA) is 105 Å². The van der Waals surface area contributed by atoms with Crippen molar-refractivity contribution in [3.05, 3.63) is 29.8 Å². The molecule has 2 aliphatic heterocycles. The van der Waals surface area contributed by atoms with Crippen molar-refractivity contribution in [1.82, 2.24) is 10.2 Å². The number of esters is 1. The number of benzene rings is 1. The van der Waals surface area contributed by atoms with Gasteiger partial charge in [-0.15, -0.1) is 4.40 Å². The summed E-state index contributed by atoms with van der Waals surface area (Å²) in [5, 5.41) is 2.82. The lowest BCUT2D eigenvalue weighted by molar-refractivity contribution is -0.151. The summed E-state index contributed by atoms with van der Waals surface area (Å²) in [6, 6.07) is 6.77. The fourth-order valence-corrected chi connectivity index (χ4v) is 4.78. The summed E-state index contributed by atoms with van der Waals surface area (Å²) in [6.07, 6.45) is 1.53. The fraction of sp³-hybridized carbons (Fsp3) is 0.526. The summed E-state index contributed by atoms with van der Waals surface area (Å²) in [6.45, 7) is 4.50. The Hall–Kier alpha value is -2.42. The maximum absolute atomic E-state index is 12.7. The summed E-state index contributed by atoms with van der Waals surface area (Å²) in [7, 11) is -2.36. The number of sulfonamides is 1. The molecule has 1 amide bonds. The van der Waals surface area contributed by atoms with Crippen molar-refractivity contribution < 1.29 is 22.7 Å². The van der Waals surface area contributed by atoms with Crippen molar-refractivity contribution in [2.45, 2.75) is 43.5 Å². The Morgan fingerprint density at radius 1 is 1.29 bits per heavy atom. The van der Waals surface area contributed by atoms with Gasteiger partial charge in [-0.2, -0.15) is 8.42 Å². The molecule has 1 aromatic carbocycles. The van der Waals surface area contributed by atoms with Gasteiger partial charge in [-0.3, -0.25) is 4.79 Å². The summed E-state index contributed by atoms with van der Waals surface area (Å²) >= 11 is 0. The highest BCUT2D eigenvalue weighted by atomic mass is 32.2. The molecule has 152 valence electrons. The minimum atomic E-state index is -3.66. The molecule has 3 rings (SSSR count). The third-order valence-corrected chi connectivity index (χ3v) is 6.85. The van der Waals surface area contributed by atoms with Crippen LogP contribution in [-0.2, 0) is 24.3 Å². The number of fused-ring (bicyclic) bond motifs is 1. The molecular weight excluding hydrogens is 382 g/mol. The quantitative estimate of drug-likeness (QED) is 0.755. The lowest BCUT2D eigenvalue weighted by Crippen LogP contribution is -2.55. The van der Waals surface area contributed by atoms with Gasteiger partial charge in [0, 0.05) is 24.6 Å². The van der Waals surface area contributed by atoms with Gasteiger partial charge in [-0.1, -0.05) is 19.1 Å². The van der Waals surface area contributed by atoms with E-state index in [1.807, 2.05) is 11.8 Å². The number of nitrogens with one attached hydrogen (secondary N) is 1. The van der Waals surface area contributed by atoms with E-state index in [1.165, 1.54) is 7.11 Å². The second-order valence-electron chi connectivity index (χ2n) is 7.31. The molecule has 1 saturated heterocycles. The predicted molar refractivity (Wildman–Crippen MR) is 103 cm³/mol. The Labute approximate surface area is 165 Å². The molecule has 1 unspecified atom stereocenters. The van der Waals surface area contributed by atoms with E-state index >= 15 is 0 Å². The van der Waals surface area contributed by atoms with Crippen molar-refractivity contribution in [2.75, 3.05) is 20.2 Å². The second kappa shape index (κ2) is 7.54. The summed E-state index contributed by atoms with van der Waals surface area (Å²) in [5.41, 5.74) is -0.444. The van der Waals surface area contributed by atoms with Crippen LogP contribution in [0, 0.1) is 5.92 Å². The van der Waals surface area contributed by atoms with Crippen molar-refractivity contribution in [2.24, 2.45) is 10.3 Å². The monoisotopic (exact) mass is 407 g/mol. The summed E-state index contributed by atoms with van der Waals surface area (Å²) in [4.78, 5) is 26.8. The number of likely N-dealkylation sites (tertiary alicyclic amines) is 1. The molecule has 0 aromatic heterocycles. The van der Waals surface area contributed by atoms with E-state index in [0.717, 1.165) is 0 Å². The molecule has 0 bridgehead atoms. The molecule has 9 heteroatoms. The van der Waals surface area contributed by atoms with Crippen molar-refractivity contribution in [3.8, 4) is 0 Å². The molecule has 2 heterocycles. The number of carbonyl (C=O) groups is 2. The summed E-state index contributed by atoms with van der Waals surface area (Å²) < 4.78 is 33.2. The van der Waals surface area contributed by atoms with Crippen LogP contribution in [0.2, 0.25) is 0 Å². The van der Waals surface area contributed by atoms with E-state index < -0.39 is 21.5 Å². The Kier molecular flexibility index (Phi) is 5.47. The van der Waals surface area contributed by atoms with E-state index in [-0.39, 0.29) is 16.7 Å². The highest BCUT2D eigenvalue weighted by Crippen LogP contribution is 2.30. The van der Waals surface area contributed by atoms with Gasteiger partial charge < -0.3 is 15.0 Å². The van der Waals surface area contributed by atoms with Gasteiger partial charge in [0.1, 0.15) is 10.4 Å². The van der Waals surface area contributed by atoms with Crippen LogP contribution in [-0.4, -0.2) is 56.8 Å². The zero-order valence-corrected chi connectivity index (χ0v) is 17.1. The molecule has 0 radical (unpaired) electrons.